The van der Waals surface area contributed by atoms with Gasteiger partial charge < -0.3 is 26.0 Å². The van der Waals surface area contributed by atoms with Crippen LogP contribution in [0, 0.1) is 11.8 Å². The maximum atomic E-state index is 13.8. The van der Waals surface area contributed by atoms with Gasteiger partial charge in [0, 0.05) is 13.3 Å². The van der Waals surface area contributed by atoms with Crippen molar-refractivity contribution in [1.29, 1.82) is 0 Å². The first kappa shape index (κ1) is 36.4. The Morgan fingerprint density at radius 2 is 1.13 bits per heavy atom. The smallest absolute Gasteiger partial charge is 0.243 e. The number of rotatable bonds is 18. The molecule has 0 saturated carbocycles. The number of amides is 4. The van der Waals surface area contributed by atoms with Crippen LogP contribution in [0.4, 0.5) is 0 Å². The zero-order valence-electron chi connectivity index (χ0n) is 27.9. The van der Waals surface area contributed by atoms with Gasteiger partial charge in [0.15, 0.2) is 5.78 Å². The van der Waals surface area contributed by atoms with Gasteiger partial charge in [-0.3, -0.25) is 24.0 Å². The monoisotopic (exact) mass is 634 g/mol. The summed E-state index contributed by atoms with van der Waals surface area (Å²) in [6.45, 7) is 11.2. The highest BCUT2D eigenvalue weighted by Crippen LogP contribution is 2.29. The number of carbonyl (C=O) groups is 5. The first-order valence-corrected chi connectivity index (χ1v) is 16.2. The van der Waals surface area contributed by atoms with E-state index in [1.54, 1.807) is 6.92 Å². The van der Waals surface area contributed by atoms with Gasteiger partial charge in [-0.2, -0.15) is 0 Å². The minimum absolute atomic E-state index is 0.0355. The Hall–Kier alpha value is -4.05. The second-order valence-electron chi connectivity index (χ2n) is 13.3. The third-order valence-corrected chi connectivity index (χ3v) is 7.95. The van der Waals surface area contributed by atoms with Crippen molar-refractivity contribution < 1.29 is 28.7 Å². The summed E-state index contributed by atoms with van der Waals surface area (Å²) in [5.74, 6) is -1.87. The number of aryl methyl sites for hydroxylation is 1. The van der Waals surface area contributed by atoms with Crippen molar-refractivity contribution in [2.24, 2.45) is 11.8 Å². The van der Waals surface area contributed by atoms with Crippen LogP contribution in [0.2, 0.25) is 0 Å². The summed E-state index contributed by atoms with van der Waals surface area (Å²) < 4.78 is 5.38. The number of ether oxygens (including phenoxy) is 1. The molecule has 0 bridgehead atoms. The standard InChI is InChI=1S/C36H50N4O6/c1-23(2)19-29(32(42)36(6)22-46-36)38-35(45)31(21-27-15-11-8-12-16-27)40-34(44)30(20-24(3)4)39-33(43)28(37-25(5)41)18-17-26-13-9-7-10-14-26/h7-16,23-24,28-31H,17-22H2,1-6H3,(H,37,41)(H,38,45)(H,39,43)(H,40,44)/t28-,29?,30?,31-,36?/m0/s1. The predicted octanol–water partition coefficient (Wildman–Crippen LogP) is 3.27. The zero-order valence-corrected chi connectivity index (χ0v) is 27.9. The van der Waals surface area contributed by atoms with Gasteiger partial charge in [0.1, 0.15) is 23.7 Å². The lowest BCUT2D eigenvalue weighted by Crippen LogP contribution is -2.59. The first-order valence-electron chi connectivity index (χ1n) is 16.2. The van der Waals surface area contributed by atoms with Crippen LogP contribution in [-0.4, -0.2) is 65.8 Å². The van der Waals surface area contributed by atoms with Crippen LogP contribution >= 0.6 is 0 Å². The topological polar surface area (TPSA) is 146 Å². The average Bonchev–Trinajstić information content (AvgIpc) is 3.76. The first-order chi connectivity index (χ1) is 21.8. The van der Waals surface area contributed by atoms with Crippen LogP contribution in [0.1, 0.15) is 71.9 Å². The van der Waals surface area contributed by atoms with Crippen molar-refractivity contribution in [1.82, 2.24) is 21.3 Å². The predicted molar refractivity (Wildman–Crippen MR) is 177 cm³/mol. The number of hydrogen-bond donors (Lipinski definition) is 4. The van der Waals surface area contributed by atoms with Crippen molar-refractivity contribution in [3.05, 3.63) is 71.8 Å². The van der Waals surface area contributed by atoms with Gasteiger partial charge in [0.05, 0.1) is 12.6 Å². The third kappa shape index (κ3) is 11.7. The highest BCUT2D eigenvalue weighted by molar-refractivity contribution is 5.98. The van der Waals surface area contributed by atoms with Crippen molar-refractivity contribution in [2.45, 2.75) is 103 Å². The zero-order chi connectivity index (χ0) is 33.9. The molecule has 0 aliphatic carbocycles. The molecule has 0 radical (unpaired) electrons. The molecule has 2 aromatic rings. The fourth-order valence-electron chi connectivity index (χ4n) is 5.37. The third-order valence-electron chi connectivity index (χ3n) is 7.95. The summed E-state index contributed by atoms with van der Waals surface area (Å²) >= 11 is 0. The van der Waals surface area contributed by atoms with Crippen LogP contribution in [0.5, 0.6) is 0 Å². The van der Waals surface area contributed by atoms with E-state index in [9.17, 15) is 24.0 Å². The van der Waals surface area contributed by atoms with Gasteiger partial charge in [-0.25, -0.2) is 0 Å². The molecule has 1 saturated heterocycles. The van der Waals surface area contributed by atoms with E-state index in [1.165, 1.54) is 6.92 Å². The molecule has 3 unspecified atom stereocenters. The summed E-state index contributed by atoms with van der Waals surface area (Å²) in [4.78, 5) is 66.3. The summed E-state index contributed by atoms with van der Waals surface area (Å²) in [6.07, 6.45) is 1.82. The van der Waals surface area contributed by atoms with E-state index < -0.39 is 47.5 Å². The molecule has 4 N–H and O–H groups in total. The maximum Gasteiger partial charge on any atom is 0.243 e. The van der Waals surface area contributed by atoms with E-state index in [4.69, 9.17) is 4.74 Å². The number of carbonyl (C=O) groups excluding carboxylic acids is 5. The molecule has 1 aliphatic rings. The molecule has 0 spiro atoms. The van der Waals surface area contributed by atoms with Crippen LogP contribution in [0.15, 0.2) is 60.7 Å². The Bertz CT molecular complexity index is 1330. The van der Waals surface area contributed by atoms with E-state index in [0.717, 1.165) is 11.1 Å². The Morgan fingerprint density at radius 3 is 1.65 bits per heavy atom. The van der Waals surface area contributed by atoms with Gasteiger partial charge >= 0.3 is 0 Å². The lowest BCUT2D eigenvalue weighted by molar-refractivity contribution is -0.135. The summed E-state index contributed by atoms with van der Waals surface area (Å²) in [5, 5.41) is 11.3. The quantitative estimate of drug-likeness (QED) is 0.185. The van der Waals surface area contributed by atoms with Crippen LogP contribution in [0.25, 0.3) is 0 Å². The van der Waals surface area contributed by atoms with Crippen LogP contribution < -0.4 is 21.3 Å². The highest BCUT2D eigenvalue weighted by Gasteiger charge is 2.50. The summed E-state index contributed by atoms with van der Waals surface area (Å²) in [5.41, 5.74) is 0.930. The number of nitrogens with one attached hydrogen (secondary N) is 4. The van der Waals surface area contributed by atoms with Crippen LogP contribution in [-0.2, 0) is 41.6 Å². The molecule has 10 heteroatoms. The summed E-state index contributed by atoms with van der Waals surface area (Å²) in [7, 11) is 0. The highest BCUT2D eigenvalue weighted by atomic mass is 16.6. The molecule has 1 fully saturated rings. The number of ketones is 1. The Kier molecular flexibility index (Phi) is 13.5. The minimum Gasteiger partial charge on any atom is -0.361 e. The molecule has 10 nitrogen and oxygen atoms in total. The van der Waals surface area contributed by atoms with E-state index >= 15 is 0 Å². The Labute approximate surface area is 272 Å². The molecule has 1 heterocycles. The number of Topliss-reactive ketones (excluding diaryl/α,β-unsaturated/α-hetero) is 1. The van der Waals surface area contributed by atoms with Gasteiger partial charge in [-0.15, -0.1) is 0 Å². The van der Waals surface area contributed by atoms with Crippen molar-refractivity contribution in [3.8, 4) is 0 Å². The number of hydrogen-bond acceptors (Lipinski definition) is 6. The van der Waals surface area contributed by atoms with Gasteiger partial charge in [-0.05, 0) is 55.6 Å². The molecule has 46 heavy (non-hydrogen) atoms. The molecule has 4 amide bonds. The molecular weight excluding hydrogens is 584 g/mol. The minimum atomic E-state index is -1.01. The second-order valence-corrected chi connectivity index (χ2v) is 13.3. The van der Waals surface area contributed by atoms with Gasteiger partial charge in [0.2, 0.25) is 23.6 Å². The largest absolute Gasteiger partial charge is 0.361 e. The Balaban J connectivity index is 1.80. The Morgan fingerprint density at radius 1 is 0.674 bits per heavy atom. The number of benzene rings is 2. The molecular formula is C36H50N4O6. The van der Waals surface area contributed by atoms with Crippen molar-refractivity contribution in [2.75, 3.05) is 6.61 Å². The fourth-order valence-corrected chi connectivity index (χ4v) is 5.37. The summed E-state index contributed by atoms with van der Waals surface area (Å²) in [6, 6.07) is 15.3. The van der Waals surface area contributed by atoms with Crippen LogP contribution in [0.3, 0.4) is 0 Å². The maximum absolute atomic E-state index is 13.8. The molecule has 0 aromatic heterocycles. The van der Waals surface area contributed by atoms with E-state index in [-0.39, 0.29) is 29.9 Å². The lowest BCUT2D eigenvalue weighted by atomic mass is 9.93. The molecule has 3 rings (SSSR count). The fraction of sp³-hybridized carbons (Fsp3) is 0.528. The van der Waals surface area contributed by atoms with Crippen molar-refractivity contribution in [3.63, 3.8) is 0 Å². The molecule has 2 aromatic carbocycles. The van der Waals surface area contributed by atoms with Crippen molar-refractivity contribution >= 4 is 29.4 Å². The average molecular weight is 635 g/mol. The molecule has 1 aliphatic heterocycles. The lowest BCUT2D eigenvalue weighted by Gasteiger charge is -2.28. The molecule has 250 valence electrons. The van der Waals surface area contributed by atoms with E-state index in [2.05, 4.69) is 21.3 Å². The van der Waals surface area contributed by atoms with E-state index in [0.29, 0.717) is 32.3 Å². The van der Waals surface area contributed by atoms with Gasteiger partial charge in [-0.1, -0.05) is 88.4 Å². The van der Waals surface area contributed by atoms with Gasteiger partial charge in [0.25, 0.3) is 0 Å². The molecule has 5 atom stereocenters. The SMILES string of the molecule is CC(=O)N[C@@H](CCc1ccccc1)C(=O)NC(CC(C)C)C(=O)N[C@@H](Cc1ccccc1)C(=O)NC(CC(C)C)C(=O)C1(C)CO1. The normalized spacial score (nSPS) is 18.2. The second kappa shape index (κ2) is 17.0. The number of epoxide rings is 1. The van der Waals surface area contributed by atoms with E-state index in [1.807, 2.05) is 88.4 Å².